The van der Waals surface area contributed by atoms with Crippen molar-refractivity contribution in [3.8, 4) is 0 Å². The summed E-state index contributed by atoms with van der Waals surface area (Å²) in [4.78, 5) is 5.25. The summed E-state index contributed by atoms with van der Waals surface area (Å²) in [7, 11) is 0. The van der Waals surface area contributed by atoms with Crippen LogP contribution in [0.15, 0.2) is 4.99 Å². The molecule has 0 N–H and O–H groups in total. The Kier molecular flexibility index (Phi) is 5.77. The van der Waals surface area contributed by atoms with Gasteiger partial charge in [-0.05, 0) is 44.4 Å². The Morgan fingerprint density at radius 3 is 1.86 bits per heavy atom. The van der Waals surface area contributed by atoms with E-state index in [1.165, 1.54) is 103 Å². The van der Waals surface area contributed by atoms with Crippen LogP contribution in [0.25, 0.3) is 0 Å². The molecule has 2 saturated carbocycles. The Morgan fingerprint density at radius 1 is 0.619 bits per heavy atom. The molecule has 1 nitrogen and oxygen atoms in total. The molecule has 0 saturated heterocycles. The van der Waals surface area contributed by atoms with E-state index in [1.54, 1.807) is 0 Å². The highest BCUT2D eigenvalue weighted by Gasteiger charge is 2.32. The van der Waals surface area contributed by atoms with Crippen LogP contribution in [0.2, 0.25) is 0 Å². The molecule has 2 fully saturated rings. The van der Waals surface area contributed by atoms with E-state index in [-0.39, 0.29) is 0 Å². The first-order valence-corrected chi connectivity index (χ1v) is 9.92. The first-order valence-electron chi connectivity index (χ1n) is 9.92. The molecule has 3 rings (SSSR count). The van der Waals surface area contributed by atoms with Gasteiger partial charge in [-0.2, -0.15) is 0 Å². The Hall–Kier alpha value is -0.330. The molecule has 2 aliphatic carbocycles. The fourth-order valence-electron chi connectivity index (χ4n) is 5.09. The molecule has 21 heavy (non-hydrogen) atoms. The number of hydrogen-bond donors (Lipinski definition) is 0. The van der Waals surface area contributed by atoms with Crippen LogP contribution in [0.3, 0.4) is 0 Å². The van der Waals surface area contributed by atoms with Gasteiger partial charge in [-0.3, -0.25) is 4.99 Å². The SMILES string of the molecule is C1=N/C(C2CCCC2)CCCCCCCCC/12CCCC2. The number of rotatable bonds is 1. The lowest BCUT2D eigenvalue weighted by Crippen LogP contribution is -2.23. The van der Waals surface area contributed by atoms with E-state index in [0.29, 0.717) is 11.5 Å². The highest BCUT2D eigenvalue weighted by atomic mass is 14.8. The van der Waals surface area contributed by atoms with Crippen LogP contribution in [0.1, 0.15) is 103 Å². The zero-order valence-electron chi connectivity index (χ0n) is 14.0. The first kappa shape index (κ1) is 15.6. The molecule has 1 heterocycles. The molecule has 0 aromatic rings. The lowest BCUT2D eigenvalue weighted by atomic mass is 9.81. The third kappa shape index (κ3) is 4.33. The van der Waals surface area contributed by atoms with Gasteiger partial charge in [0, 0.05) is 11.6 Å². The predicted molar refractivity (Wildman–Crippen MR) is 92.1 cm³/mol. The zero-order chi connectivity index (χ0) is 14.4. The summed E-state index contributed by atoms with van der Waals surface area (Å²) in [6.07, 6.45) is 25.6. The van der Waals surface area contributed by atoms with Gasteiger partial charge in [0.15, 0.2) is 0 Å². The van der Waals surface area contributed by atoms with Crippen molar-refractivity contribution < 1.29 is 0 Å². The molecule has 0 aromatic heterocycles. The summed E-state index contributed by atoms with van der Waals surface area (Å²) >= 11 is 0. The van der Waals surface area contributed by atoms with Crippen LogP contribution in [-0.4, -0.2) is 12.3 Å². The van der Waals surface area contributed by atoms with Gasteiger partial charge < -0.3 is 0 Å². The van der Waals surface area contributed by atoms with Crippen LogP contribution in [0.5, 0.6) is 0 Å². The molecule has 0 bridgehead atoms. The molecule has 1 aliphatic heterocycles. The Bertz CT molecular complexity index is 321. The minimum Gasteiger partial charge on any atom is -0.293 e. The van der Waals surface area contributed by atoms with E-state index < -0.39 is 0 Å². The standard InChI is InChI=1S/C20H35N/c1-2-4-8-14-20(15-9-10-16-20)17-21-19(13-5-3-1)18-11-6-7-12-18/h17-19H,1-16H2/b21-17+. The smallest absolute Gasteiger partial charge is 0.0524 e. The normalized spacial score (nSPS) is 33.6. The van der Waals surface area contributed by atoms with Crippen molar-refractivity contribution in [1.82, 2.24) is 0 Å². The third-order valence-electron chi connectivity index (χ3n) is 6.51. The molecule has 0 radical (unpaired) electrons. The van der Waals surface area contributed by atoms with Gasteiger partial charge in [-0.1, -0.05) is 64.2 Å². The quantitative estimate of drug-likeness (QED) is 0.536. The van der Waals surface area contributed by atoms with Crippen molar-refractivity contribution in [3.63, 3.8) is 0 Å². The first-order chi connectivity index (χ1) is 10.4. The maximum absolute atomic E-state index is 5.25. The third-order valence-corrected chi connectivity index (χ3v) is 6.51. The molecular formula is C20H35N. The van der Waals surface area contributed by atoms with Crippen LogP contribution < -0.4 is 0 Å². The van der Waals surface area contributed by atoms with Crippen molar-refractivity contribution in [2.45, 2.75) is 109 Å². The minimum absolute atomic E-state index is 0.510. The van der Waals surface area contributed by atoms with Crippen molar-refractivity contribution >= 4 is 6.21 Å². The van der Waals surface area contributed by atoms with Crippen molar-refractivity contribution in [1.29, 1.82) is 0 Å². The molecule has 1 unspecified atom stereocenters. The lowest BCUT2D eigenvalue weighted by Gasteiger charge is -2.27. The van der Waals surface area contributed by atoms with Gasteiger partial charge in [0.1, 0.15) is 0 Å². The molecule has 1 spiro atoms. The van der Waals surface area contributed by atoms with E-state index in [4.69, 9.17) is 4.99 Å². The Labute approximate surface area is 132 Å². The van der Waals surface area contributed by atoms with Gasteiger partial charge in [0.2, 0.25) is 0 Å². The summed E-state index contributed by atoms with van der Waals surface area (Å²) in [6, 6.07) is 0.671. The molecule has 0 amide bonds. The van der Waals surface area contributed by atoms with Crippen molar-refractivity contribution in [3.05, 3.63) is 0 Å². The molecular weight excluding hydrogens is 254 g/mol. The second-order valence-electron chi connectivity index (χ2n) is 8.12. The second kappa shape index (κ2) is 7.79. The average molecular weight is 290 g/mol. The van der Waals surface area contributed by atoms with Crippen LogP contribution >= 0.6 is 0 Å². The highest BCUT2D eigenvalue weighted by molar-refractivity contribution is 5.66. The Morgan fingerprint density at radius 2 is 1.14 bits per heavy atom. The van der Waals surface area contributed by atoms with Crippen LogP contribution in [-0.2, 0) is 0 Å². The topological polar surface area (TPSA) is 12.4 Å². The fraction of sp³-hybridized carbons (Fsp3) is 0.950. The van der Waals surface area contributed by atoms with E-state index in [9.17, 15) is 0 Å². The zero-order valence-corrected chi connectivity index (χ0v) is 14.0. The van der Waals surface area contributed by atoms with E-state index in [2.05, 4.69) is 6.21 Å². The second-order valence-corrected chi connectivity index (χ2v) is 8.12. The molecule has 1 heteroatoms. The van der Waals surface area contributed by atoms with E-state index in [0.717, 1.165) is 5.92 Å². The fourth-order valence-corrected chi connectivity index (χ4v) is 5.09. The van der Waals surface area contributed by atoms with E-state index >= 15 is 0 Å². The summed E-state index contributed by atoms with van der Waals surface area (Å²) in [5.41, 5.74) is 0.510. The summed E-state index contributed by atoms with van der Waals surface area (Å²) < 4.78 is 0. The number of aliphatic imine (C=N–C) groups is 1. The van der Waals surface area contributed by atoms with Gasteiger partial charge >= 0.3 is 0 Å². The average Bonchev–Trinajstić information content (AvgIpc) is 3.16. The Balaban J connectivity index is 1.69. The molecule has 120 valence electrons. The molecule has 1 atom stereocenters. The largest absolute Gasteiger partial charge is 0.293 e. The molecule has 3 aliphatic rings. The maximum Gasteiger partial charge on any atom is 0.0524 e. The monoisotopic (exact) mass is 289 g/mol. The van der Waals surface area contributed by atoms with Gasteiger partial charge in [-0.15, -0.1) is 0 Å². The van der Waals surface area contributed by atoms with Crippen molar-refractivity contribution in [2.75, 3.05) is 0 Å². The minimum atomic E-state index is 0.510. The summed E-state index contributed by atoms with van der Waals surface area (Å²) in [6.45, 7) is 0. The molecule has 0 aromatic carbocycles. The maximum atomic E-state index is 5.25. The van der Waals surface area contributed by atoms with Gasteiger partial charge in [0.05, 0.1) is 6.04 Å². The van der Waals surface area contributed by atoms with Crippen LogP contribution in [0.4, 0.5) is 0 Å². The van der Waals surface area contributed by atoms with Gasteiger partial charge in [0.25, 0.3) is 0 Å². The van der Waals surface area contributed by atoms with Gasteiger partial charge in [-0.25, -0.2) is 0 Å². The summed E-state index contributed by atoms with van der Waals surface area (Å²) in [5.74, 6) is 0.919. The lowest BCUT2D eigenvalue weighted by molar-refractivity contribution is 0.360. The highest BCUT2D eigenvalue weighted by Crippen LogP contribution is 2.42. The van der Waals surface area contributed by atoms with Crippen molar-refractivity contribution in [2.24, 2.45) is 16.3 Å². The number of hydrogen-bond acceptors (Lipinski definition) is 1. The number of nitrogens with zero attached hydrogens (tertiary/aromatic N) is 1. The summed E-state index contributed by atoms with van der Waals surface area (Å²) in [5, 5.41) is 0. The predicted octanol–water partition coefficient (Wildman–Crippen LogP) is 6.31. The van der Waals surface area contributed by atoms with Crippen LogP contribution in [0, 0.1) is 11.3 Å². The van der Waals surface area contributed by atoms with E-state index in [1.807, 2.05) is 0 Å².